The first-order valence-corrected chi connectivity index (χ1v) is 6.27. The van der Waals surface area contributed by atoms with Crippen LogP contribution in [-0.4, -0.2) is 22.8 Å². The summed E-state index contributed by atoms with van der Waals surface area (Å²) in [5.41, 5.74) is -1.06. The third-order valence-corrected chi connectivity index (χ3v) is 3.81. The van der Waals surface area contributed by atoms with Gasteiger partial charge in [-0.1, -0.05) is 41.5 Å². The topological polar surface area (TPSA) is 54.4 Å². The minimum atomic E-state index is -0.867. The van der Waals surface area contributed by atoms with Crippen molar-refractivity contribution in [1.82, 2.24) is 0 Å². The number of carbonyl (C=O) groups is 2. The second-order valence-electron chi connectivity index (χ2n) is 6.89. The lowest BCUT2D eigenvalue weighted by atomic mass is 9.58. The zero-order valence-corrected chi connectivity index (χ0v) is 11.7. The van der Waals surface area contributed by atoms with E-state index in [2.05, 4.69) is 0 Å². The average Bonchev–Trinajstić information content (AvgIpc) is 2.13. The number of aliphatic hydroxyl groups is 1. The molecule has 0 aliphatic heterocycles. The zero-order chi connectivity index (χ0) is 13.6. The van der Waals surface area contributed by atoms with Gasteiger partial charge in [0.25, 0.3) is 0 Å². The van der Waals surface area contributed by atoms with Gasteiger partial charge in [0.05, 0.1) is 6.10 Å². The summed E-state index contributed by atoms with van der Waals surface area (Å²) >= 11 is 0. The third kappa shape index (κ3) is 2.44. The molecule has 1 unspecified atom stereocenters. The van der Waals surface area contributed by atoms with Crippen LogP contribution in [0.4, 0.5) is 0 Å². The van der Waals surface area contributed by atoms with Gasteiger partial charge in [0.1, 0.15) is 5.92 Å². The Bertz CT molecular complexity index is 313. The van der Waals surface area contributed by atoms with Crippen LogP contribution in [0.25, 0.3) is 0 Å². The predicted molar refractivity (Wildman–Crippen MR) is 66.5 cm³/mol. The Kier molecular flexibility index (Phi) is 3.55. The average molecular weight is 240 g/mol. The number of carbonyl (C=O) groups excluding carboxylic acids is 2. The molecule has 0 aromatic carbocycles. The lowest BCUT2D eigenvalue weighted by Crippen LogP contribution is -2.54. The van der Waals surface area contributed by atoms with Crippen molar-refractivity contribution < 1.29 is 14.7 Å². The van der Waals surface area contributed by atoms with Gasteiger partial charge in [0.2, 0.25) is 0 Å². The molecular weight excluding hydrogens is 216 g/mol. The van der Waals surface area contributed by atoms with Gasteiger partial charge in [0.15, 0.2) is 11.6 Å². The predicted octanol–water partition coefficient (Wildman–Crippen LogP) is 2.21. The summed E-state index contributed by atoms with van der Waals surface area (Å²) in [6.45, 7) is 11.1. The van der Waals surface area contributed by atoms with Gasteiger partial charge in [-0.2, -0.15) is 0 Å². The summed E-state index contributed by atoms with van der Waals surface area (Å²) < 4.78 is 0. The lowest BCUT2D eigenvalue weighted by molar-refractivity contribution is -0.157. The van der Waals surface area contributed by atoms with Crippen LogP contribution in [0.3, 0.4) is 0 Å². The normalized spacial score (nSPS) is 26.4. The van der Waals surface area contributed by atoms with Crippen LogP contribution in [0, 0.1) is 22.7 Å². The zero-order valence-electron chi connectivity index (χ0n) is 11.7. The molecule has 17 heavy (non-hydrogen) atoms. The van der Waals surface area contributed by atoms with E-state index in [4.69, 9.17) is 0 Å². The molecule has 3 nitrogen and oxygen atoms in total. The van der Waals surface area contributed by atoms with E-state index in [1.165, 1.54) is 0 Å². The number of Topliss-reactive ketones (excluding diaryl/α,β-unsaturated/α-hetero) is 2. The van der Waals surface area contributed by atoms with E-state index in [0.29, 0.717) is 6.42 Å². The molecule has 0 heterocycles. The largest absolute Gasteiger partial charge is 0.392 e. The monoisotopic (exact) mass is 240 g/mol. The minimum Gasteiger partial charge on any atom is -0.392 e. The second kappa shape index (κ2) is 4.20. The summed E-state index contributed by atoms with van der Waals surface area (Å²) in [6, 6.07) is 0. The number of aliphatic hydroxyl groups excluding tert-OH is 1. The third-order valence-electron chi connectivity index (χ3n) is 3.81. The SMILES string of the molecule is CC(C)C(O)C1C(=O)C(C)(C)CC(C)(C)C1=O. The van der Waals surface area contributed by atoms with Crippen molar-refractivity contribution >= 4 is 11.6 Å². The van der Waals surface area contributed by atoms with Crippen molar-refractivity contribution in [2.75, 3.05) is 0 Å². The molecule has 0 radical (unpaired) electrons. The fourth-order valence-corrected chi connectivity index (χ4v) is 2.94. The highest BCUT2D eigenvalue weighted by Crippen LogP contribution is 2.45. The lowest BCUT2D eigenvalue weighted by Gasteiger charge is -2.44. The van der Waals surface area contributed by atoms with E-state index in [1.807, 2.05) is 41.5 Å². The van der Waals surface area contributed by atoms with Crippen LogP contribution in [0.15, 0.2) is 0 Å². The number of rotatable bonds is 2. The van der Waals surface area contributed by atoms with Gasteiger partial charge in [-0.3, -0.25) is 9.59 Å². The highest BCUT2D eigenvalue weighted by Gasteiger charge is 2.53. The Hall–Kier alpha value is -0.700. The molecule has 0 amide bonds. The van der Waals surface area contributed by atoms with Crippen LogP contribution in [0.5, 0.6) is 0 Å². The summed E-state index contributed by atoms with van der Waals surface area (Å²) in [6.07, 6.45) is -0.312. The Balaban J connectivity index is 3.17. The van der Waals surface area contributed by atoms with Gasteiger partial charge in [-0.05, 0) is 12.3 Å². The van der Waals surface area contributed by atoms with Gasteiger partial charge in [0, 0.05) is 10.8 Å². The first-order chi connectivity index (χ1) is 7.50. The van der Waals surface area contributed by atoms with Crippen molar-refractivity contribution in [3.05, 3.63) is 0 Å². The first kappa shape index (κ1) is 14.4. The molecule has 98 valence electrons. The Morgan fingerprint density at radius 1 is 1.06 bits per heavy atom. The summed E-state index contributed by atoms with van der Waals surface area (Å²) in [5.74, 6) is -1.16. The highest BCUT2D eigenvalue weighted by molar-refractivity contribution is 6.09. The number of hydrogen-bond acceptors (Lipinski definition) is 3. The standard InChI is InChI=1S/C14H24O3/c1-8(2)10(15)9-11(16)13(3,4)7-14(5,6)12(9)17/h8-10,15H,7H2,1-6H3. The summed E-state index contributed by atoms with van der Waals surface area (Å²) in [4.78, 5) is 24.6. The molecule has 1 saturated carbocycles. The molecule has 1 fully saturated rings. The number of ketones is 2. The van der Waals surface area contributed by atoms with E-state index in [-0.39, 0.29) is 17.5 Å². The Labute approximate surface area is 104 Å². The molecule has 1 aliphatic carbocycles. The molecule has 0 spiro atoms. The maximum absolute atomic E-state index is 12.3. The van der Waals surface area contributed by atoms with Gasteiger partial charge >= 0.3 is 0 Å². The fraction of sp³-hybridized carbons (Fsp3) is 0.857. The smallest absolute Gasteiger partial charge is 0.151 e. The van der Waals surface area contributed by atoms with E-state index in [9.17, 15) is 14.7 Å². The summed E-state index contributed by atoms with van der Waals surface area (Å²) in [7, 11) is 0. The second-order valence-corrected chi connectivity index (χ2v) is 6.89. The quantitative estimate of drug-likeness (QED) is 0.753. The Morgan fingerprint density at radius 2 is 1.41 bits per heavy atom. The Morgan fingerprint density at radius 3 is 1.71 bits per heavy atom. The number of hydrogen-bond donors (Lipinski definition) is 1. The maximum atomic E-state index is 12.3. The van der Waals surface area contributed by atoms with Crippen molar-refractivity contribution in [3.8, 4) is 0 Å². The van der Waals surface area contributed by atoms with Crippen LogP contribution in [0.1, 0.15) is 48.0 Å². The van der Waals surface area contributed by atoms with Crippen molar-refractivity contribution in [1.29, 1.82) is 0 Å². The van der Waals surface area contributed by atoms with E-state index in [0.717, 1.165) is 0 Å². The van der Waals surface area contributed by atoms with Gasteiger partial charge in [-0.15, -0.1) is 0 Å². The molecule has 3 heteroatoms. The first-order valence-electron chi connectivity index (χ1n) is 6.27. The molecule has 1 aliphatic rings. The summed E-state index contributed by atoms with van der Waals surface area (Å²) in [5, 5.41) is 10.1. The van der Waals surface area contributed by atoms with Gasteiger partial charge < -0.3 is 5.11 Å². The van der Waals surface area contributed by atoms with Crippen LogP contribution >= 0.6 is 0 Å². The van der Waals surface area contributed by atoms with Crippen molar-refractivity contribution in [3.63, 3.8) is 0 Å². The fourth-order valence-electron chi connectivity index (χ4n) is 2.94. The van der Waals surface area contributed by atoms with Crippen molar-refractivity contribution in [2.45, 2.75) is 54.1 Å². The molecule has 0 bridgehead atoms. The molecule has 1 atom stereocenters. The van der Waals surface area contributed by atoms with Gasteiger partial charge in [-0.25, -0.2) is 0 Å². The molecule has 1 N–H and O–H groups in total. The minimum absolute atomic E-state index is 0.0856. The molecule has 1 rings (SSSR count). The molecule has 0 aromatic heterocycles. The molecule has 0 aromatic rings. The van der Waals surface area contributed by atoms with E-state index >= 15 is 0 Å². The van der Waals surface area contributed by atoms with Crippen LogP contribution < -0.4 is 0 Å². The highest BCUT2D eigenvalue weighted by atomic mass is 16.3. The van der Waals surface area contributed by atoms with E-state index < -0.39 is 22.9 Å². The maximum Gasteiger partial charge on any atom is 0.151 e. The van der Waals surface area contributed by atoms with E-state index in [1.54, 1.807) is 0 Å². The van der Waals surface area contributed by atoms with Crippen molar-refractivity contribution in [2.24, 2.45) is 22.7 Å². The van der Waals surface area contributed by atoms with Crippen LogP contribution in [-0.2, 0) is 9.59 Å². The molecule has 0 saturated heterocycles. The molecular formula is C14H24O3. The van der Waals surface area contributed by atoms with Crippen LogP contribution in [0.2, 0.25) is 0 Å².